The van der Waals surface area contributed by atoms with Gasteiger partial charge in [0.05, 0.1) is 26.4 Å². The third-order valence-electron chi connectivity index (χ3n) is 3.41. The number of rotatable bonds is 5. The normalized spacial score (nSPS) is 10.6. The van der Waals surface area contributed by atoms with Crippen LogP contribution in [0.2, 0.25) is 15.1 Å². The van der Waals surface area contributed by atoms with Crippen molar-refractivity contribution in [3.8, 4) is 5.75 Å². The van der Waals surface area contributed by atoms with E-state index in [4.69, 9.17) is 39.5 Å². The molecule has 26 heavy (non-hydrogen) atoms. The molecule has 0 saturated heterocycles. The zero-order valence-corrected chi connectivity index (χ0v) is 16.7. The predicted octanol–water partition coefficient (Wildman–Crippen LogP) is 6.37. The van der Waals surface area contributed by atoms with Crippen molar-refractivity contribution < 1.29 is 9.53 Å². The number of aromatic nitrogens is 1. The Bertz CT molecular complexity index is 931. The van der Waals surface area contributed by atoms with E-state index in [0.29, 0.717) is 31.6 Å². The molecule has 0 spiro atoms. The molecular formula is C18H13Cl3N2O2S. The third kappa shape index (κ3) is 4.30. The Balaban J connectivity index is 1.77. The van der Waals surface area contributed by atoms with Crippen LogP contribution in [0, 0.1) is 0 Å². The van der Waals surface area contributed by atoms with Gasteiger partial charge in [0.2, 0.25) is 5.91 Å². The van der Waals surface area contributed by atoms with Crippen molar-refractivity contribution >= 4 is 62.9 Å². The number of hydrogen-bond donors (Lipinski definition) is 0. The lowest BCUT2D eigenvalue weighted by atomic mass is 10.3. The lowest BCUT2D eigenvalue weighted by Gasteiger charge is -2.17. The van der Waals surface area contributed by atoms with Gasteiger partial charge >= 0.3 is 0 Å². The SMILES string of the molecule is CC(=O)N(c1ccccc1)c1nc(COc2cc(Cl)c(Cl)cc2Cl)cs1. The van der Waals surface area contributed by atoms with Gasteiger partial charge in [-0.2, -0.15) is 0 Å². The average Bonchev–Trinajstić information content (AvgIpc) is 3.06. The number of para-hydroxylation sites is 1. The van der Waals surface area contributed by atoms with Gasteiger partial charge in [0.15, 0.2) is 5.13 Å². The van der Waals surface area contributed by atoms with E-state index in [-0.39, 0.29) is 12.5 Å². The second-order valence-electron chi connectivity index (χ2n) is 5.30. The number of carbonyl (C=O) groups is 1. The molecule has 8 heteroatoms. The minimum Gasteiger partial charge on any atom is -0.486 e. The number of nitrogens with zero attached hydrogens (tertiary/aromatic N) is 2. The molecule has 0 unspecified atom stereocenters. The molecule has 0 aliphatic carbocycles. The van der Waals surface area contributed by atoms with Gasteiger partial charge in [0.1, 0.15) is 12.4 Å². The van der Waals surface area contributed by atoms with Crippen LogP contribution >= 0.6 is 46.1 Å². The zero-order valence-electron chi connectivity index (χ0n) is 13.6. The van der Waals surface area contributed by atoms with Crippen molar-refractivity contribution in [2.45, 2.75) is 13.5 Å². The van der Waals surface area contributed by atoms with E-state index in [1.54, 1.807) is 11.0 Å². The molecule has 3 aromatic rings. The van der Waals surface area contributed by atoms with Crippen molar-refractivity contribution in [3.63, 3.8) is 0 Å². The maximum Gasteiger partial charge on any atom is 0.230 e. The number of thiazole rings is 1. The molecule has 4 nitrogen and oxygen atoms in total. The van der Waals surface area contributed by atoms with E-state index in [0.717, 1.165) is 5.69 Å². The number of hydrogen-bond acceptors (Lipinski definition) is 4. The Morgan fingerprint density at radius 3 is 2.50 bits per heavy atom. The summed E-state index contributed by atoms with van der Waals surface area (Å²) in [5.41, 5.74) is 1.43. The minimum atomic E-state index is -0.120. The summed E-state index contributed by atoms with van der Waals surface area (Å²) in [6.45, 7) is 1.69. The van der Waals surface area contributed by atoms with Crippen LogP contribution in [0.4, 0.5) is 10.8 Å². The second kappa shape index (κ2) is 8.27. The van der Waals surface area contributed by atoms with Crippen LogP contribution in [-0.4, -0.2) is 10.9 Å². The molecule has 1 aromatic heterocycles. The van der Waals surface area contributed by atoms with Gasteiger partial charge < -0.3 is 4.74 Å². The first-order valence-corrected chi connectivity index (χ1v) is 9.54. The number of carbonyl (C=O) groups excluding carboxylic acids is 1. The average molecular weight is 428 g/mol. The van der Waals surface area contributed by atoms with E-state index in [1.165, 1.54) is 24.3 Å². The second-order valence-corrected chi connectivity index (χ2v) is 7.35. The molecule has 134 valence electrons. The molecule has 1 amide bonds. The fourth-order valence-corrected chi connectivity index (χ4v) is 3.70. The highest BCUT2D eigenvalue weighted by molar-refractivity contribution is 7.14. The highest BCUT2D eigenvalue weighted by Crippen LogP contribution is 2.35. The summed E-state index contributed by atoms with van der Waals surface area (Å²) in [6.07, 6.45) is 0. The van der Waals surface area contributed by atoms with E-state index in [1.807, 2.05) is 35.7 Å². The van der Waals surface area contributed by atoms with Crippen LogP contribution in [0.1, 0.15) is 12.6 Å². The van der Waals surface area contributed by atoms with E-state index in [2.05, 4.69) is 4.98 Å². The maximum atomic E-state index is 12.1. The van der Waals surface area contributed by atoms with E-state index >= 15 is 0 Å². The fraction of sp³-hybridized carbons (Fsp3) is 0.111. The summed E-state index contributed by atoms with van der Waals surface area (Å²) in [5, 5.41) is 3.49. The molecule has 0 fully saturated rings. The molecule has 0 aliphatic rings. The monoisotopic (exact) mass is 426 g/mol. The van der Waals surface area contributed by atoms with Crippen LogP contribution in [0.15, 0.2) is 47.8 Å². The van der Waals surface area contributed by atoms with Crippen LogP contribution in [0.3, 0.4) is 0 Å². The Morgan fingerprint density at radius 1 is 1.12 bits per heavy atom. The quantitative estimate of drug-likeness (QED) is 0.444. The smallest absolute Gasteiger partial charge is 0.230 e. The van der Waals surface area contributed by atoms with Crippen LogP contribution in [0.5, 0.6) is 5.75 Å². The number of anilines is 2. The maximum absolute atomic E-state index is 12.1. The van der Waals surface area contributed by atoms with Gasteiger partial charge in [0.25, 0.3) is 0 Å². The molecular weight excluding hydrogens is 415 g/mol. The highest BCUT2D eigenvalue weighted by atomic mass is 35.5. The zero-order chi connectivity index (χ0) is 18.7. The molecule has 0 radical (unpaired) electrons. The van der Waals surface area contributed by atoms with Crippen molar-refractivity contribution in [1.29, 1.82) is 0 Å². The van der Waals surface area contributed by atoms with Crippen molar-refractivity contribution in [2.75, 3.05) is 4.90 Å². The summed E-state index contributed by atoms with van der Waals surface area (Å²) in [5.74, 6) is 0.299. The summed E-state index contributed by atoms with van der Waals surface area (Å²) in [6, 6.07) is 12.4. The molecule has 0 saturated carbocycles. The summed E-state index contributed by atoms with van der Waals surface area (Å²) in [4.78, 5) is 18.1. The van der Waals surface area contributed by atoms with Crippen molar-refractivity contribution in [3.05, 3.63) is 68.6 Å². The van der Waals surface area contributed by atoms with Crippen LogP contribution in [0.25, 0.3) is 0 Å². The standard InChI is InChI=1S/C18H13Cl3N2O2S/c1-11(24)23(13-5-3-2-4-6-13)18-22-12(10-26-18)9-25-17-8-15(20)14(19)7-16(17)21/h2-8,10H,9H2,1H3. The predicted molar refractivity (Wildman–Crippen MR) is 107 cm³/mol. The van der Waals surface area contributed by atoms with Gasteiger partial charge in [-0.1, -0.05) is 53.0 Å². The summed E-state index contributed by atoms with van der Waals surface area (Å²) >= 11 is 19.4. The largest absolute Gasteiger partial charge is 0.486 e. The minimum absolute atomic E-state index is 0.120. The Hall–Kier alpha value is -1.79. The Labute approximate surface area is 169 Å². The number of benzene rings is 2. The lowest BCUT2D eigenvalue weighted by molar-refractivity contribution is -0.115. The van der Waals surface area contributed by atoms with Gasteiger partial charge in [-0.3, -0.25) is 9.69 Å². The summed E-state index contributed by atoms with van der Waals surface area (Å²) < 4.78 is 5.68. The first-order chi connectivity index (χ1) is 12.5. The number of amides is 1. The van der Waals surface area contributed by atoms with Crippen molar-refractivity contribution in [1.82, 2.24) is 4.98 Å². The Kier molecular flexibility index (Phi) is 6.04. The first kappa shape index (κ1) is 19.0. The third-order valence-corrected chi connectivity index (χ3v) is 5.30. The fourth-order valence-electron chi connectivity index (χ4n) is 2.24. The number of ether oxygens (including phenoxy) is 1. The van der Waals surface area contributed by atoms with Gasteiger partial charge in [-0.25, -0.2) is 4.98 Å². The molecule has 3 rings (SSSR count). The van der Waals surface area contributed by atoms with E-state index < -0.39 is 0 Å². The lowest BCUT2D eigenvalue weighted by Crippen LogP contribution is -2.22. The van der Waals surface area contributed by atoms with Crippen LogP contribution in [-0.2, 0) is 11.4 Å². The topological polar surface area (TPSA) is 42.4 Å². The van der Waals surface area contributed by atoms with Crippen LogP contribution < -0.4 is 9.64 Å². The van der Waals surface area contributed by atoms with Gasteiger partial charge in [-0.15, -0.1) is 11.3 Å². The van der Waals surface area contributed by atoms with E-state index in [9.17, 15) is 4.79 Å². The molecule has 1 heterocycles. The molecule has 0 aliphatic heterocycles. The Morgan fingerprint density at radius 2 is 1.81 bits per heavy atom. The van der Waals surface area contributed by atoms with Crippen molar-refractivity contribution in [2.24, 2.45) is 0 Å². The van der Waals surface area contributed by atoms with Gasteiger partial charge in [0, 0.05) is 18.4 Å². The molecule has 2 aromatic carbocycles. The number of halogens is 3. The highest BCUT2D eigenvalue weighted by Gasteiger charge is 2.18. The molecule has 0 atom stereocenters. The molecule has 0 bridgehead atoms. The van der Waals surface area contributed by atoms with Gasteiger partial charge in [-0.05, 0) is 18.2 Å². The molecule has 0 N–H and O–H groups in total. The first-order valence-electron chi connectivity index (χ1n) is 7.53. The summed E-state index contributed by atoms with van der Waals surface area (Å²) in [7, 11) is 0.